The Hall–Kier alpha value is -2.36. The zero-order valence-electron chi connectivity index (χ0n) is 9.97. The van der Waals surface area contributed by atoms with Gasteiger partial charge in [-0.3, -0.25) is 4.79 Å². The summed E-state index contributed by atoms with van der Waals surface area (Å²) in [6.45, 7) is 2.10. The molecule has 0 aliphatic heterocycles. The number of ether oxygens (including phenoxy) is 1. The van der Waals surface area contributed by atoms with E-state index in [0.717, 1.165) is 11.1 Å². The number of hydrogen-bond acceptors (Lipinski definition) is 3. The molecule has 0 saturated carbocycles. The Balaban J connectivity index is 2.38. The van der Waals surface area contributed by atoms with Gasteiger partial charge in [-0.15, -0.1) is 0 Å². The predicted molar refractivity (Wildman–Crippen MR) is 68.5 cm³/mol. The first-order valence-electron chi connectivity index (χ1n) is 5.67. The molecular weight excluding hydrogens is 230 g/mol. The number of aromatic nitrogens is 1. The normalized spacial score (nSPS) is 10.1. The fourth-order valence-corrected chi connectivity index (χ4v) is 1.66. The topological polar surface area (TPSA) is 59.2 Å². The molecule has 2 aromatic rings. The highest BCUT2D eigenvalue weighted by Gasteiger charge is 2.07. The van der Waals surface area contributed by atoms with Gasteiger partial charge < -0.3 is 9.72 Å². The molecule has 18 heavy (non-hydrogen) atoms. The molecule has 0 saturated heterocycles. The summed E-state index contributed by atoms with van der Waals surface area (Å²) in [4.78, 5) is 25.4. The van der Waals surface area contributed by atoms with E-state index in [1.54, 1.807) is 37.4 Å². The first-order valence-corrected chi connectivity index (χ1v) is 5.67. The van der Waals surface area contributed by atoms with Crippen molar-refractivity contribution in [3.63, 3.8) is 0 Å². The summed E-state index contributed by atoms with van der Waals surface area (Å²) < 4.78 is 4.94. The minimum absolute atomic E-state index is 0.172. The highest BCUT2D eigenvalue weighted by molar-refractivity contribution is 5.91. The van der Waals surface area contributed by atoms with Gasteiger partial charge in [0, 0.05) is 12.3 Å². The maximum absolute atomic E-state index is 11.6. The third-order valence-corrected chi connectivity index (χ3v) is 2.48. The van der Waals surface area contributed by atoms with Gasteiger partial charge in [-0.25, -0.2) is 4.79 Å². The summed E-state index contributed by atoms with van der Waals surface area (Å²) in [5, 5.41) is 0. The first kappa shape index (κ1) is 12.1. The molecule has 0 aliphatic rings. The average molecular weight is 243 g/mol. The van der Waals surface area contributed by atoms with Crippen LogP contribution in [-0.2, 0) is 4.74 Å². The van der Waals surface area contributed by atoms with Gasteiger partial charge in [-0.2, -0.15) is 0 Å². The number of nitrogens with one attached hydrogen (secondary N) is 1. The van der Waals surface area contributed by atoms with Gasteiger partial charge >= 0.3 is 5.97 Å². The quantitative estimate of drug-likeness (QED) is 0.841. The molecule has 1 N–H and O–H groups in total. The molecule has 2 rings (SSSR count). The molecule has 1 aromatic heterocycles. The van der Waals surface area contributed by atoms with Crippen molar-refractivity contribution in [2.75, 3.05) is 6.61 Å². The van der Waals surface area contributed by atoms with Crippen LogP contribution in [0.5, 0.6) is 0 Å². The molecule has 0 fully saturated rings. The maximum Gasteiger partial charge on any atom is 0.338 e. The molecular formula is C14H13NO3. The zero-order chi connectivity index (χ0) is 13.0. The van der Waals surface area contributed by atoms with E-state index >= 15 is 0 Å². The fourth-order valence-electron chi connectivity index (χ4n) is 1.66. The molecule has 0 radical (unpaired) electrons. The van der Waals surface area contributed by atoms with E-state index in [9.17, 15) is 9.59 Å². The molecule has 0 aliphatic carbocycles. The van der Waals surface area contributed by atoms with E-state index in [0.29, 0.717) is 12.2 Å². The third-order valence-electron chi connectivity index (χ3n) is 2.48. The van der Waals surface area contributed by atoms with Gasteiger partial charge in [0.1, 0.15) is 0 Å². The van der Waals surface area contributed by atoms with E-state index in [4.69, 9.17) is 4.74 Å². The van der Waals surface area contributed by atoms with Crippen molar-refractivity contribution >= 4 is 5.97 Å². The number of pyridine rings is 1. The van der Waals surface area contributed by atoms with Crippen molar-refractivity contribution in [2.45, 2.75) is 6.92 Å². The van der Waals surface area contributed by atoms with Crippen molar-refractivity contribution in [2.24, 2.45) is 0 Å². The number of carbonyl (C=O) groups is 1. The summed E-state index contributed by atoms with van der Waals surface area (Å²) in [7, 11) is 0. The van der Waals surface area contributed by atoms with Crippen LogP contribution < -0.4 is 5.56 Å². The number of esters is 1. The SMILES string of the molecule is CCOC(=O)c1cccc(-c2cc[nH]c(=O)c2)c1. The van der Waals surface area contributed by atoms with Gasteiger partial charge in [0.05, 0.1) is 12.2 Å². The standard InChI is InChI=1S/C14H13NO3/c1-2-18-14(17)12-5-3-4-10(8-12)11-6-7-15-13(16)9-11/h3-9H,2H2,1H3,(H,15,16). The molecule has 92 valence electrons. The van der Waals surface area contributed by atoms with Crippen LogP contribution in [0.25, 0.3) is 11.1 Å². The number of H-pyrrole nitrogens is 1. The molecule has 4 heteroatoms. The van der Waals surface area contributed by atoms with Gasteiger partial charge in [-0.1, -0.05) is 12.1 Å². The molecule has 1 heterocycles. The number of rotatable bonds is 3. The van der Waals surface area contributed by atoms with Gasteiger partial charge in [0.15, 0.2) is 0 Å². The molecule has 0 bridgehead atoms. The van der Waals surface area contributed by atoms with Crippen LogP contribution in [-0.4, -0.2) is 17.6 Å². The minimum Gasteiger partial charge on any atom is -0.462 e. The average Bonchev–Trinajstić information content (AvgIpc) is 2.39. The van der Waals surface area contributed by atoms with E-state index < -0.39 is 0 Å². The Labute approximate surface area is 104 Å². The molecule has 0 amide bonds. The Bertz CT molecular complexity index is 616. The van der Waals surface area contributed by atoms with Crippen LogP contribution in [0.4, 0.5) is 0 Å². The highest BCUT2D eigenvalue weighted by atomic mass is 16.5. The second kappa shape index (κ2) is 5.31. The summed E-state index contributed by atoms with van der Waals surface area (Å²) >= 11 is 0. The monoisotopic (exact) mass is 243 g/mol. The van der Waals surface area contributed by atoms with E-state index in [1.807, 2.05) is 6.07 Å². The van der Waals surface area contributed by atoms with Crippen LogP contribution in [0.1, 0.15) is 17.3 Å². The van der Waals surface area contributed by atoms with Crippen molar-refractivity contribution < 1.29 is 9.53 Å². The van der Waals surface area contributed by atoms with Crippen LogP contribution >= 0.6 is 0 Å². The minimum atomic E-state index is -0.357. The lowest BCUT2D eigenvalue weighted by molar-refractivity contribution is 0.0526. The van der Waals surface area contributed by atoms with Crippen molar-refractivity contribution in [1.82, 2.24) is 4.98 Å². The van der Waals surface area contributed by atoms with Crippen molar-refractivity contribution in [3.8, 4) is 11.1 Å². The molecule has 1 aromatic carbocycles. The number of carbonyl (C=O) groups excluding carboxylic acids is 1. The molecule has 4 nitrogen and oxygen atoms in total. The van der Waals surface area contributed by atoms with E-state index in [2.05, 4.69) is 4.98 Å². The maximum atomic E-state index is 11.6. The third kappa shape index (κ3) is 2.66. The summed E-state index contributed by atoms with van der Waals surface area (Å²) in [5.74, 6) is -0.357. The van der Waals surface area contributed by atoms with Gasteiger partial charge in [0.2, 0.25) is 5.56 Å². The number of aromatic amines is 1. The Morgan fingerprint density at radius 2 is 2.00 bits per heavy atom. The van der Waals surface area contributed by atoms with Crippen LogP contribution in [0, 0.1) is 0 Å². The van der Waals surface area contributed by atoms with Crippen LogP contribution in [0.2, 0.25) is 0 Å². The highest BCUT2D eigenvalue weighted by Crippen LogP contribution is 2.18. The Morgan fingerprint density at radius 3 is 2.72 bits per heavy atom. The lowest BCUT2D eigenvalue weighted by Crippen LogP contribution is -2.05. The number of benzene rings is 1. The van der Waals surface area contributed by atoms with Crippen LogP contribution in [0.3, 0.4) is 0 Å². The van der Waals surface area contributed by atoms with E-state index in [1.165, 1.54) is 6.07 Å². The number of hydrogen-bond donors (Lipinski definition) is 1. The summed E-state index contributed by atoms with van der Waals surface area (Å²) in [6.07, 6.45) is 1.58. The lowest BCUT2D eigenvalue weighted by Gasteiger charge is -2.04. The van der Waals surface area contributed by atoms with Crippen molar-refractivity contribution in [1.29, 1.82) is 0 Å². The predicted octanol–water partition coefficient (Wildman–Crippen LogP) is 2.22. The zero-order valence-corrected chi connectivity index (χ0v) is 9.97. The molecule has 0 atom stereocenters. The van der Waals surface area contributed by atoms with Crippen LogP contribution in [0.15, 0.2) is 47.4 Å². The molecule has 0 spiro atoms. The second-order valence-electron chi connectivity index (χ2n) is 3.74. The first-order chi connectivity index (χ1) is 8.70. The Morgan fingerprint density at radius 1 is 1.22 bits per heavy atom. The second-order valence-corrected chi connectivity index (χ2v) is 3.74. The van der Waals surface area contributed by atoms with Gasteiger partial charge in [-0.05, 0) is 36.2 Å². The Kier molecular flexibility index (Phi) is 3.57. The lowest BCUT2D eigenvalue weighted by atomic mass is 10.0. The van der Waals surface area contributed by atoms with E-state index in [-0.39, 0.29) is 11.5 Å². The summed E-state index contributed by atoms with van der Waals surface area (Å²) in [5.41, 5.74) is 1.89. The molecule has 0 unspecified atom stereocenters. The fraction of sp³-hybridized carbons (Fsp3) is 0.143. The smallest absolute Gasteiger partial charge is 0.338 e. The van der Waals surface area contributed by atoms with Gasteiger partial charge in [0.25, 0.3) is 0 Å². The van der Waals surface area contributed by atoms with Crippen molar-refractivity contribution in [3.05, 3.63) is 58.5 Å². The largest absolute Gasteiger partial charge is 0.462 e. The summed E-state index contributed by atoms with van der Waals surface area (Å²) in [6, 6.07) is 10.3.